The molecule has 311 valence electrons. The molecule has 0 unspecified atom stereocenters. The Hall–Kier alpha value is -5.67. The van der Waals surface area contributed by atoms with Gasteiger partial charge < -0.3 is 14.0 Å². The van der Waals surface area contributed by atoms with Crippen molar-refractivity contribution in [3.05, 3.63) is 144 Å². The molecule has 5 aromatic carbocycles. The fraction of sp³-hybridized carbons (Fsp3) is 0.255. The first-order valence-electron chi connectivity index (χ1n) is 20.9. The van der Waals surface area contributed by atoms with Crippen LogP contribution in [0.2, 0.25) is 19.6 Å². The zero-order chi connectivity index (χ0) is 42.1. The molecule has 8 nitrogen and oxygen atoms in total. The Kier molecular flexibility index (Phi) is 12.9. The zero-order valence-electron chi connectivity index (χ0n) is 36.3. The molecule has 9 rings (SSSR count). The van der Waals surface area contributed by atoms with Crippen LogP contribution in [0.25, 0.3) is 72.7 Å². The maximum Gasteiger partial charge on any atom is 0.214 e. The molecule has 9 aromatic rings. The van der Waals surface area contributed by atoms with E-state index in [-0.39, 0.29) is 31.9 Å². The van der Waals surface area contributed by atoms with Crippen LogP contribution < -0.4 is 5.19 Å². The molecule has 0 N–H and O–H groups in total. The Bertz CT molecular complexity index is 2910. The average Bonchev–Trinajstić information content (AvgIpc) is 3.82. The molecule has 10 heteroatoms. The van der Waals surface area contributed by atoms with Crippen LogP contribution in [0.4, 0.5) is 0 Å². The molecular formula is C51H51IrN7OSi-2. The summed E-state index contributed by atoms with van der Waals surface area (Å²) in [4.78, 5) is 9.64. The second kappa shape index (κ2) is 18.1. The fourth-order valence-corrected chi connectivity index (χ4v) is 9.60. The molecule has 0 bridgehead atoms. The van der Waals surface area contributed by atoms with Gasteiger partial charge in [0, 0.05) is 37.4 Å². The number of fused-ring (bicyclic) bond motifs is 4. The second-order valence-electron chi connectivity index (χ2n) is 17.5. The van der Waals surface area contributed by atoms with Crippen molar-refractivity contribution in [3.63, 3.8) is 0 Å². The quantitative estimate of drug-likeness (QED) is 0.105. The topological polar surface area (TPSA) is 95.4 Å². The van der Waals surface area contributed by atoms with Crippen molar-refractivity contribution in [1.29, 1.82) is 0 Å². The van der Waals surface area contributed by atoms with E-state index in [4.69, 9.17) is 9.40 Å². The Balaban J connectivity index is 0.000000226. The summed E-state index contributed by atoms with van der Waals surface area (Å²) in [5, 5.41) is 20.0. The molecule has 0 aliphatic carbocycles. The molecule has 1 radical (unpaired) electrons. The largest absolute Gasteiger partial charge is 0.501 e. The Morgan fingerprint density at radius 1 is 0.705 bits per heavy atom. The van der Waals surface area contributed by atoms with E-state index in [1.165, 1.54) is 33.0 Å². The minimum atomic E-state index is -1.34. The monoisotopic (exact) mass is 998 g/mol. The molecule has 0 atom stereocenters. The minimum absolute atomic E-state index is 0. The van der Waals surface area contributed by atoms with Crippen LogP contribution in [0.15, 0.2) is 120 Å². The summed E-state index contributed by atoms with van der Waals surface area (Å²) in [6.45, 7) is 20.6. The number of rotatable bonds is 9. The van der Waals surface area contributed by atoms with Crippen LogP contribution in [-0.4, -0.2) is 43.2 Å². The van der Waals surface area contributed by atoms with Crippen LogP contribution in [0, 0.1) is 18.1 Å². The van der Waals surface area contributed by atoms with E-state index >= 15 is 0 Å². The Labute approximate surface area is 373 Å². The van der Waals surface area contributed by atoms with Crippen molar-refractivity contribution in [2.75, 3.05) is 0 Å². The summed E-state index contributed by atoms with van der Waals surface area (Å²) in [6, 6.07) is 44.1. The molecule has 61 heavy (non-hydrogen) atoms. The predicted molar refractivity (Wildman–Crippen MR) is 247 cm³/mol. The number of furan rings is 1. The maximum atomic E-state index is 6.40. The summed E-state index contributed by atoms with van der Waals surface area (Å²) >= 11 is 0. The van der Waals surface area contributed by atoms with Crippen LogP contribution in [-0.2, 0) is 26.5 Å². The fourth-order valence-electron chi connectivity index (χ4n) is 8.01. The normalized spacial score (nSPS) is 11.7. The number of hydrogen-bond donors (Lipinski definition) is 0. The van der Waals surface area contributed by atoms with Crippen molar-refractivity contribution in [2.24, 2.45) is 5.92 Å². The summed E-state index contributed by atoms with van der Waals surface area (Å²) in [6.07, 6.45) is 3.24. The van der Waals surface area contributed by atoms with E-state index in [1.807, 2.05) is 54.6 Å². The number of para-hydroxylation sites is 1. The van der Waals surface area contributed by atoms with Crippen molar-refractivity contribution in [1.82, 2.24) is 35.2 Å². The number of benzene rings is 5. The van der Waals surface area contributed by atoms with Gasteiger partial charge in [0.15, 0.2) is 0 Å². The van der Waals surface area contributed by atoms with Crippen molar-refractivity contribution < 1.29 is 24.5 Å². The van der Waals surface area contributed by atoms with Gasteiger partial charge in [-0.05, 0) is 85.9 Å². The molecule has 0 fully saturated rings. The average molecular weight is 998 g/mol. The molecule has 0 spiro atoms. The van der Waals surface area contributed by atoms with Gasteiger partial charge in [-0.1, -0.05) is 132 Å². The predicted octanol–water partition coefficient (Wildman–Crippen LogP) is 12.2. The van der Waals surface area contributed by atoms with Gasteiger partial charge in [-0.3, -0.25) is 4.98 Å². The van der Waals surface area contributed by atoms with Gasteiger partial charge in [-0.2, -0.15) is 0 Å². The summed E-state index contributed by atoms with van der Waals surface area (Å²) < 4.78 is 8.48. The van der Waals surface area contributed by atoms with E-state index in [9.17, 15) is 0 Å². The third kappa shape index (κ3) is 8.89. The van der Waals surface area contributed by atoms with Gasteiger partial charge in [0.2, 0.25) is 11.3 Å². The van der Waals surface area contributed by atoms with Gasteiger partial charge in [-0.25, -0.2) is 0 Å². The standard InChI is InChI=1S/C33H27N6O.C18H24NSi.Ir/c1-19(2)26-17-22(21-11-6-5-7-12-21)18-27(20(3)4)29(26)39-32(34-31-33(39)36-38-37-35-31)25-15-10-14-24-23-13-8-9-16-28(23)40-30(24)25;1-14(2)11-16-12-17(15-9-7-6-8-10-15)19-13-18(16)20(3,4)5;/h5-14,16-20H,1-4H3;6-9,12-14H,11H2,1-5H3;/q2*-1;. The third-order valence-electron chi connectivity index (χ3n) is 10.9. The summed E-state index contributed by atoms with van der Waals surface area (Å²) in [5.74, 6) is 1.75. The van der Waals surface area contributed by atoms with Gasteiger partial charge in [-0.15, -0.1) is 64.3 Å². The van der Waals surface area contributed by atoms with Crippen molar-refractivity contribution >= 4 is 46.5 Å². The first-order chi connectivity index (χ1) is 28.9. The Morgan fingerprint density at radius 3 is 2.07 bits per heavy atom. The minimum Gasteiger partial charge on any atom is -0.501 e. The van der Waals surface area contributed by atoms with E-state index in [1.54, 1.807) is 0 Å². The first kappa shape index (κ1) is 43.4. The van der Waals surface area contributed by atoms with Gasteiger partial charge in [0.25, 0.3) is 0 Å². The van der Waals surface area contributed by atoms with Gasteiger partial charge in [0.05, 0.1) is 19.5 Å². The number of pyridine rings is 1. The first-order valence-corrected chi connectivity index (χ1v) is 24.4. The van der Waals surface area contributed by atoms with Gasteiger partial charge in [0.1, 0.15) is 5.58 Å². The summed E-state index contributed by atoms with van der Waals surface area (Å²) in [7, 11) is -1.34. The zero-order valence-corrected chi connectivity index (χ0v) is 39.7. The number of imidazole rings is 1. The van der Waals surface area contributed by atoms with Crippen LogP contribution in [0.1, 0.15) is 70.1 Å². The van der Waals surface area contributed by atoms with E-state index in [2.05, 4.69) is 164 Å². The maximum absolute atomic E-state index is 6.40. The molecule has 0 aliphatic rings. The molecule has 0 aliphatic heterocycles. The molecule has 0 amide bonds. The number of nitrogens with zero attached hydrogens (tertiary/aromatic N) is 7. The number of hydrogen-bond acceptors (Lipinski definition) is 7. The van der Waals surface area contributed by atoms with Crippen LogP contribution in [0.5, 0.6) is 0 Å². The Morgan fingerprint density at radius 2 is 1.39 bits per heavy atom. The second-order valence-corrected chi connectivity index (χ2v) is 22.6. The third-order valence-corrected chi connectivity index (χ3v) is 12.9. The SMILES string of the molecule is CC(C)Cc1cc(-c2[c-]cccc2)ncc1[Si](C)(C)C.CC(C)c1cc(-c2ccccc2)cc(C(C)C)c1-n1c(-c2[c-]ccc3c2oc2ccccc23)nc2nnnnc21.[Ir]. The van der Waals surface area contributed by atoms with Crippen molar-refractivity contribution in [3.8, 4) is 39.5 Å². The molecule has 0 saturated carbocycles. The number of aromatic nitrogens is 7. The van der Waals surface area contributed by atoms with E-state index < -0.39 is 8.07 Å². The molecule has 4 heterocycles. The van der Waals surface area contributed by atoms with Crippen LogP contribution >= 0.6 is 0 Å². The van der Waals surface area contributed by atoms with E-state index in [0.717, 1.165) is 50.9 Å². The molecule has 4 aromatic heterocycles. The van der Waals surface area contributed by atoms with E-state index in [0.29, 0.717) is 23.0 Å². The van der Waals surface area contributed by atoms with Crippen LogP contribution in [0.3, 0.4) is 0 Å². The summed E-state index contributed by atoms with van der Waals surface area (Å²) in [5.41, 5.74) is 12.6. The van der Waals surface area contributed by atoms with Crippen molar-refractivity contribution in [2.45, 2.75) is 79.4 Å². The smallest absolute Gasteiger partial charge is 0.214 e. The molecular weight excluding hydrogens is 947 g/mol. The molecule has 0 saturated heterocycles. The van der Waals surface area contributed by atoms with Gasteiger partial charge >= 0.3 is 0 Å².